The molecule has 0 aliphatic carbocycles. The van der Waals surface area contributed by atoms with Gasteiger partial charge in [0.05, 0.1) is 6.61 Å². The molecular weight excluding hydrogens is 240 g/mol. The third-order valence-corrected chi connectivity index (χ3v) is 2.75. The van der Waals surface area contributed by atoms with E-state index in [1.165, 1.54) is 6.07 Å². The molecule has 0 bridgehead atoms. The Labute approximate surface area is 112 Å². The van der Waals surface area contributed by atoms with Crippen molar-refractivity contribution in [2.45, 2.75) is 6.42 Å². The topological polar surface area (TPSA) is 54.1 Å². The van der Waals surface area contributed by atoms with Crippen molar-refractivity contribution in [3.63, 3.8) is 0 Å². The molecule has 0 fully saturated rings. The number of hydrogen-bond acceptors (Lipinski definition) is 3. The summed E-state index contributed by atoms with van der Waals surface area (Å²) in [5, 5.41) is 4.19. The lowest BCUT2D eigenvalue weighted by Crippen LogP contribution is -2.17. The van der Waals surface area contributed by atoms with Gasteiger partial charge in [0.15, 0.2) is 0 Å². The van der Waals surface area contributed by atoms with Crippen LogP contribution in [-0.4, -0.2) is 24.7 Å². The number of pyridine rings is 1. The van der Waals surface area contributed by atoms with Gasteiger partial charge >= 0.3 is 0 Å². The van der Waals surface area contributed by atoms with E-state index in [0.717, 1.165) is 36.2 Å². The Kier molecular flexibility index (Phi) is 4.75. The van der Waals surface area contributed by atoms with Gasteiger partial charge in [-0.25, -0.2) is 0 Å². The highest BCUT2D eigenvalue weighted by atomic mass is 16.5. The van der Waals surface area contributed by atoms with Gasteiger partial charge in [-0.1, -0.05) is 6.08 Å². The van der Waals surface area contributed by atoms with Gasteiger partial charge in [-0.3, -0.25) is 4.79 Å². The number of hydrogen-bond donors (Lipinski definition) is 2. The first-order valence-corrected chi connectivity index (χ1v) is 6.37. The second kappa shape index (κ2) is 6.75. The summed E-state index contributed by atoms with van der Waals surface area (Å²) >= 11 is 0. The third-order valence-electron chi connectivity index (χ3n) is 2.75. The standard InChI is InChI=1S/C15H18N2O2/c1-2-8-16-9-3-10-19-13-5-6-14-12(11-13)4-7-15(18)17-14/h2,4-7,11,16H,1,3,8-10H2,(H,17,18). The van der Waals surface area contributed by atoms with Gasteiger partial charge in [-0.2, -0.15) is 0 Å². The van der Waals surface area contributed by atoms with Crippen molar-refractivity contribution in [3.05, 3.63) is 53.3 Å². The molecule has 0 aliphatic rings. The monoisotopic (exact) mass is 258 g/mol. The summed E-state index contributed by atoms with van der Waals surface area (Å²) < 4.78 is 5.67. The molecule has 0 radical (unpaired) electrons. The van der Waals surface area contributed by atoms with E-state index < -0.39 is 0 Å². The van der Waals surface area contributed by atoms with Crippen molar-refractivity contribution in [3.8, 4) is 5.75 Å². The number of H-pyrrole nitrogens is 1. The maximum absolute atomic E-state index is 11.2. The van der Waals surface area contributed by atoms with E-state index in [1.54, 1.807) is 6.07 Å². The minimum absolute atomic E-state index is 0.0885. The molecule has 4 heteroatoms. The molecule has 0 saturated heterocycles. The van der Waals surface area contributed by atoms with Crippen molar-refractivity contribution >= 4 is 10.9 Å². The second-order valence-electron chi connectivity index (χ2n) is 4.27. The first-order valence-electron chi connectivity index (χ1n) is 6.37. The van der Waals surface area contributed by atoms with E-state index in [1.807, 2.05) is 24.3 Å². The van der Waals surface area contributed by atoms with E-state index in [2.05, 4.69) is 16.9 Å². The van der Waals surface area contributed by atoms with Gasteiger partial charge in [0.25, 0.3) is 0 Å². The predicted octanol–water partition coefficient (Wildman–Crippen LogP) is 2.07. The highest BCUT2D eigenvalue weighted by Crippen LogP contribution is 2.18. The Morgan fingerprint density at radius 1 is 1.32 bits per heavy atom. The van der Waals surface area contributed by atoms with E-state index in [4.69, 9.17) is 4.74 Å². The fourth-order valence-corrected chi connectivity index (χ4v) is 1.81. The van der Waals surface area contributed by atoms with Gasteiger partial charge < -0.3 is 15.0 Å². The zero-order valence-corrected chi connectivity index (χ0v) is 10.8. The largest absolute Gasteiger partial charge is 0.494 e. The molecule has 2 rings (SSSR count). The maximum atomic E-state index is 11.2. The molecule has 1 aromatic carbocycles. The van der Waals surface area contributed by atoms with Crippen molar-refractivity contribution < 1.29 is 4.74 Å². The molecule has 0 unspecified atom stereocenters. The van der Waals surface area contributed by atoms with Crippen LogP contribution >= 0.6 is 0 Å². The first-order chi connectivity index (χ1) is 9.29. The van der Waals surface area contributed by atoms with Crippen molar-refractivity contribution in [1.82, 2.24) is 10.3 Å². The smallest absolute Gasteiger partial charge is 0.248 e. The summed E-state index contributed by atoms with van der Waals surface area (Å²) in [6.45, 7) is 6.04. The Hall–Kier alpha value is -2.07. The predicted molar refractivity (Wildman–Crippen MR) is 77.7 cm³/mol. The molecule has 1 heterocycles. The third kappa shape index (κ3) is 3.96. The molecule has 1 aromatic heterocycles. The lowest BCUT2D eigenvalue weighted by molar-refractivity contribution is 0.309. The highest BCUT2D eigenvalue weighted by molar-refractivity contribution is 5.79. The zero-order valence-electron chi connectivity index (χ0n) is 10.8. The van der Waals surface area contributed by atoms with Crippen LogP contribution in [0.5, 0.6) is 5.75 Å². The molecule has 0 spiro atoms. The van der Waals surface area contributed by atoms with E-state index >= 15 is 0 Å². The SMILES string of the molecule is C=CCNCCCOc1ccc2[nH]c(=O)ccc2c1. The van der Waals surface area contributed by atoms with Crippen LogP contribution in [0.4, 0.5) is 0 Å². The van der Waals surface area contributed by atoms with E-state index in [9.17, 15) is 4.79 Å². The average Bonchev–Trinajstić information content (AvgIpc) is 2.43. The lowest BCUT2D eigenvalue weighted by atomic mass is 10.2. The number of rotatable bonds is 7. The summed E-state index contributed by atoms with van der Waals surface area (Å²) in [4.78, 5) is 13.9. The Morgan fingerprint density at radius 3 is 3.05 bits per heavy atom. The van der Waals surface area contributed by atoms with Crippen molar-refractivity contribution in [2.75, 3.05) is 19.7 Å². The van der Waals surface area contributed by atoms with Crippen LogP contribution in [0.3, 0.4) is 0 Å². The van der Waals surface area contributed by atoms with Crippen molar-refractivity contribution in [2.24, 2.45) is 0 Å². The number of aromatic nitrogens is 1. The summed E-state index contributed by atoms with van der Waals surface area (Å²) in [6.07, 6.45) is 2.78. The fraction of sp³-hybridized carbons (Fsp3) is 0.267. The number of nitrogens with one attached hydrogen (secondary N) is 2. The maximum Gasteiger partial charge on any atom is 0.248 e. The normalized spacial score (nSPS) is 10.5. The summed E-state index contributed by atoms with van der Waals surface area (Å²) in [6, 6.07) is 8.98. The minimum Gasteiger partial charge on any atom is -0.494 e. The first kappa shape index (κ1) is 13.4. The van der Waals surface area contributed by atoms with Crippen LogP contribution in [-0.2, 0) is 0 Å². The molecule has 2 aromatic rings. The zero-order chi connectivity index (χ0) is 13.5. The summed E-state index contributed by atoms with van der Waals surface area (Å²) in [7, 11) is 0. The van der Waals surface area contributed by atoms with Crippen LogP contribution in [0.15, 0.2) is 47.8 Å². The van der Waals surface area contributed by atoms with Crippen LogP contribution in [0.1, 0.15) is 6.42 Å². The quantitative estimate of drug-likeness (QED) is 0.590. The molecule has 0 saturated carbocycles. The Balaban J connectivity index is 1.89. The number of fused-ring (bicyclic) bond motifs is 1. The molecule has 0 aliphatic heterocycles. The van der Waals surface area contributed by atoms with E-state index in [-0.39, 0.29) is 5.56 Å². The molecular formula is C15H18N2O2. The molecule has 0 amide bonds. The fourth-order valence-electron chi connectivity index (χ4n) is 1.81. The minimum atomic E-state index is -0.0885. The van der Waals surface area contributed by atoms with E-state index in [0.29, 0.717) is 6.61 Å². The van der Waals surface area contributed by atoms with Crippen molar-refractivity contribution in [1.29, 1.82) is 0 Å². The molecule has 0 atom stereocenters. The van der Waals surface area contributed by atoms with Crippen LogP contribution in [0, 0.1) is 0 Å². The van der Waals surface area contributed by atoms with Gasteiger partial charge in [-0.05, 0) is 37.2 Å². The Morgan fingerprint density at radius 2 is 2.21 bits per heavy atom. The lowest BCUT2D eigenvalue weighted by Gasteiger charge is -2.07. The molecule has 19 heavy (non-hydrogen) atoms. The van der Waals surface area contributed by atoms with Gasteiger partial charge in [0.1, 0.15) is 5.75 Å². The molecule has 100 valence electrons. The van der Waals surface area contributed by atoms with Crippen LogP contribution in [0.25, 0.3) is 10.9 Å². The number of ether oxygens (including phenoxy) is 1. The average molecular weight is 258 g/mol. The molecule has 2 N–H and O–H groups in total. The molecule has 4 nitrogen and oxygen atoms in total. The summed E-state index contributed by atoms with van der Waals surface area (Å²) in [5.74, 6) is 0.822. The van der Waals surface area contributed by atoms with Crippen LogP contribution < -0.4 is 15.6 Å². The highest BCUT2D eigenvalue weighted by Gasteiger charge is 1.98. The Bertz CT molecular complexity index is 604. The van der Waals surface area contributed by atoms with Gasteiger partial charge in [-0.15, -0.1) is 6.58 Å². The second-order valence-corrected chi connectivity index (χ2v) is 4.27. The van der Waals surface area contributed by atoms with Gasteiger partial charge in [0.2, 0.25) is 5.56 Å². The number of aromatic amines is 1. The van der Waals surface area contributed by atoms with Crippen LogP contribution in [0.2, 0.25) is 0 Å². The van der Waals surface area contributed by atoms with Gasteiger partial charge in [0, 0.05) is 23.5 Å². The summed E-state index contributed by atoms with van der Waals surface area (Å²) in [5.41, 5.74) is 0.738. The number of benzene rings is 1.